The average Bonchev–Trinajstić information content (AvgIpc) is 2.92. The Hall–Kier alpha value is -1.19. The van der Waals surface area contributed by atoms with E-state index in [1.54, 1.807) is 6.07 Å². The molecule has 0 radical (unpaired) electrons. The number of hydrogen-bond acceptors (Lipinski definition) is 3. The molecule has 1 fully saturated rings. The lowest BCUT2D eigenvalue weighted by Gasteiger charge is -2.10. The SMILES string of the molecule is Cc1cc(Cl)nc(Cl)c1NCc1ccc(C2CC2C)o1. The second kappa shape index (κ2) is 5.30. The summed E-state index contributed by atoms with van der Waals surface area (Å²) >= 11 is 12.0. The summed E-state index contributed by atoms with van der Waals surface area (Å²) in [6.45, 7) is 4.78. The van der Waals surface area contributed by atoms with Crippen LogP contribution >= 0.6 is 23.2 Å². The molecule has 0 spiro atoms. The number of pyridine rings is 1. The summed E-state index contributed by atoms with van der Waals surface area (Å²) in [5.41, 5.74) is 1.77. The molecule has 0 aromatic carbocycles. The van der Waals surface area contributed by atoms with Gasteiger partial charge in [0.25, 0.3) is 0 Å². The maximum atomic E-state index is 6.10. The van der Waals surface area contributed by atoms with E-state index in [1.807, 2.05) is 13.0 Å². The van der Waals surface area contributed by atoms with Crippen LogP contribution in [-0.4, -0.2) is 4.98 Å². The van der Waals surface area contributed by atoms with Gasteiger partial charge in [0, 0.05) is 5.92 Å². The number of halogens is 2. The summed E-state index contributed by atoms with van der Waals surface area (Å²) < 4.78 is 5.85. The van der Waals surface area contributed by atoms with Crippen LogP contribution in [0.5, 0.6) is 0 Å². The van der Waals surface area contributed by atoms with Gasteiger partial charge in [-0.1, -0.05) is 30.1 Å². The molecule has 0 aliphatic heterocycles. The normalized spacial score (nSPS) is 21.0. The van der Waals surface area contributed by atoms with E-state index in [2.05, 4.69) is 23.3 Å². The van der Waals surface area contributed by atoms with Crippen LogP contribution in [0.15, 0.2) is 22.6 Å². The lowest BCUT2D eigenvalue weighted by molar-refractivity contribution is 0.468. The second-order valence-corrected chi connectivity index (χ2v) is 6.15. The van der Waals surface area contributed by atoms with E-state index in [4.69, 9.17) is 27.6 Å². The highest BCUT2D eigenvalue weighted by Gasteiger charge is 2.36. The van der Waals surface area contributed by atoms with Crippen molar-refractivity contribution < 1.29 is 4.42 Å². The molecule has 0 bridgehead atoms. The van der Waals surface area contributed by atoms with Crippen molar-refractivity contribution in [2.45, 2.75) is 32.7 Å². The van der Waals surface area contributed by atoms with Crippen molar-refractivity contribution in [2.24, 2.45) is 5.92 Å². The first-order valence-corrected chi connectivity index (χ1v) is 7.45. The molecule has 3 rings (SSSR count). The minimum atomic E-state index is 0.387. The highest BCUT2D eigenvalue weighted by Crippen LogP contribution is 2.47. The summed E-state index contributed by atoms with van der Waals surface area (Å²) in [7, 11) is 0. The molecular formula is C15H16Cl2N2O. The van der Waals surface area contributed by atoms with Crippen LogP contribution in [0.4, 0.5) is 5.69 Å². The van der Waals surface area contributed by atoms with Crippen LogP contribution in [0.25, 0.3) is 0 Å². The van der Waals surface area contributed by atoms with Crippen LogP contribution in [-0.2, 0) is 6.54 Å². The monoisotopic (exact) mass is 310 g/mol. The molecule has 1 aliphatic rings. The van der Waals surface area contributed by atoms with Gasteiger partial charge < -0.3 is 9.73 Å². The lowest BCUT2D eigenvalue weighted by Crippen LogP contribution is -2.02. The zero-order valence-corrected chi connectivity index (χ0v) is 12.9. The first-order valence-electron chi connectivity index (χ1n) is 6.69. The maximum Gasteiger partial charge on any atom is 0.154 e. The molecule has 20 heavy (non-hydrogen) atoms. The molecular weight excluding hydrogens is 295 g/mol. The fourth-order valence-corrected chi connectivity index (χ4v) is 2.99. The Kier molecular flexibility index (Phi) is 3.65. The summed E-state index contributed by atoms with van der Waals surface area (Å²) in [6.07, 6.45) is 1.23. The highest BCUT2D eigenvalue weighted by atomic mass is 35.5. The third-order valence-corrected chi connectivity index (χ3v) is 4.21. The largest absolute Gasteiger partial charge is 0.464 e. The Morgan fingerprint density at radius 2 is 2.15 bits per heavy atom. The van der Waals surface area contributed by atoms with Gasteiger partial charge in [0.05, 0.1) is 12.2 Å². The second-order valence-electron chi connectivity index (χ2n) is 5.40. The number of hydrogen-bond donors (Lipinski definition) is 1. The molecule has 1 aliphatic carbocycles. The number of nitrogens with zero attached hydrogens (tertiary/aromatic N) is 1. The Bertz CT molecular complexity index is 616. The van der Waals surface area contributed by atoms with Crippen LogP contribution in [0.1, 0.15) is 36.3 Å². The van der Waals surface area contributed by atoms with Gasteiger partial charge in [-0.05, 0) is 43.0 Å². The molecule has 2 atom stereocenters. The minimum Gasteiger partial charge on any atom is -0.464 e. The number of rotatable bonds is 4. The number of aromatic nitrogens is 1. The molecule has 3 nitrogen and oxygen atoms in total. The molecule has 2 unspecified atom stereocenters. The third kappa shape index (κ3) is 2.79. The Morgan fingerprint density at radius 3 is 2.80 bits per heavy atom. The van der Waals surface area contributed by atoms with Gasteiger partial charge in [-0.25, -0.2) is 4.98 Å². The van der Waals surface area contributed by atoms with E-state index in [9.17, 15) is 0 Å². The van der Waals surface area contributed by atoms with Crippen LogP contribution in [0.3, 0.4) is 0 Å². The van der Waals surface area contributed by atoms with Crippen LogP contribution in [0, 0.1) is 12.8 Å². The molecule has 1 N–H and O–H groups in total. The van der Waals surface area contributed by atoms with E-state index in [1.165, 1.54) is 6.42 Å². The number of aryl methyl sites for hydroxylation is 1. The minimum absolute atomic E-state index is 0.387. The molecule has 0 saturated heterocycles. The van der Waals surface area contributed by atoms with Gasteiger partial charge in [-0.2, -0.15) is 0 Å². The van der Waals surface area contributed by atoms with Gasteiger partial charge in [-0.3, -0.25) is 0 Å². The zero-order chi connectivity index (χ0) is 14.3. The fraction of sp³-hybridized carbons (Fsp3) is 0.400. The fourth-order valence-electron chi connectivity index (χ4n) is 2.39. The van der Waals surface area contributed by atoms with Crippen molar-refractivity contribution in [3.05, 3.63) is 45.6 Å². The van der Waals surface area contributed by atoms with Gasteiger partial charge >= 0.3 is 0 Å². The predicted octanol–water partition coefficient (Wildman–Crippen LogP) is 5.03. The van der Waals surface area contributed by atoms with Gasteiger partial charge in [0.15, 0.2) is 5.15 Å². The molecule has 1 saturated carbocycles. The summed E-state index contributed by atoms with van der Waals surface area (Å²) in [5, 5.41) is 4.05. The van der Waals surface area contributed by atoms with Crippen LogP contribution in [0.2, 0.25) is 10.3 Å². The number of furan rings is 1. The first-order chi connectivity index (χ1) is 9.54. The average molecular weight is 311 g/mol. The first kappa shape index (κ1) is 13.8. The summed E-state index contributed by atoms with van der Waals surface area (Å²) in [4.78, 5) is 4.04. The Labute approximate surface area is 128 Å². The quantitative estimate of drug-likeness (QED) is 0.805. The van der Waals surface area contributed by atoms with Crippen molar-refractivity contribution in [3.8, 4) is 0 Å². The van der Waals surface area contributed by atoms with E-state index in [0.29, 0.717) is 22.8 Å². The Morgan fingerprint density at radius 1 is 1.40 bits per heavy atom. The van der Waals surface area contributed by atoms with E-state index < -0.39 is 0 Å². The number of nitrogens with one attached hydrogen (secondary N) is 1. The van der Waals surface area contributed by atoms with Crippen LogP contribution < -0.4 is 5.32 Å². The summed E-state index contributed by atoms with van der Waals surface area (Å²) in [5.74, 6) is 3.35. The molecule has 2 aromatic rings. The highest BCUT2D eigenvalue weighted by molar-refractivity contribution is 6.34. The predicted molar refractivity (Wildman–Crippen MR) is 81.6 cm³/mol. The van der Waals surface area contributed by atoms with E-state index in [-0.39, 0.29) is 0 Å². The summed E-state index contributed by atoms with van der Waals surface area (Å²) in [6, 6.07) is 5.87. The smallest absolute Gasteiger partial charge is 0.154 e. The number of anilines is 1. The van der Waals surface area contributed by atoms with Gasteiger partial charge in [0.2, 0.25) is 0 Å². The van der Waals surface area contributed by atoms with Gasteiger partial charge in [-0.15, -0.1) is 0 Å². The molecule has 0 amide bonds. The lowest BCUT2D eigenvalue weighted by atomic mass is 10.2. The standard InChI is InChI=1S/C15H16Cl2N2O/c1-8-5-11(8)12-4-3-10(20-12)7-18-14-9(2)6-13(16)19-15(14)17/h3-4,6,8,11,18H,5,7H2,1-2H3. The maximum absolute atomic E-state index is 6.10. The van der Waals surface area contributed by atoms with Crippen molar-refractivity contribution >= 4 is 28.9 Å². The molecule has 2 aromatic heterocycles. The Balaban J connectivity index is 1.69. The zero-order valence-electron chi connectivity index (χ0n) is 11.4. The third-order valence-electron chi connectivity index (χ3n) is 3.74. The van der Waals surface area contributed by atoms with Crippen molar-refractivity contribution in [1.29, 1.82) is 0 Å². The molecule has 2 heterocycles. The topological polar surface area (TPSA) is 38.1 Å². The van der Waals surface area contributed by atoms with E-state index >= 15 is 0 Å². The van der Waals surface area contributed by atoms with E-state index in [0.717, 1.165) is 28.7 Å². The van der Waals surface area contributed by atoms with Crippen molar-refractivity contribution in [3.63, 3.8) is 0 Å². The molecule has 5 heteroatoms. The van der Waals surface area contributed by atoms with Gasteiger partial charge in [0.1, 0.15) is 16.7 Å². The molecule has 106 valence electrons. The van der Waals surface area contributed by atoms with Crippen molar-refractivity contribution in [2.75, 3.05) is 5.32 Å². The van der Waals surface area contributed by atoms with Crippen molar-refractivity contribution in [1.82, 2.24) is 4.98 Å².